The van der Waals surface area contributed by atoms with Crippen molar-refractivity contribution in [3.8, 4) is 0 Å². The molecular formula is C30H35Cl2N3O4S. The molecule has 1 atom stereocenters. The van der Waals surface area contributed by atoms with Crippen LogP contribution in [-0.4, -0.2) is 43.3 Å². The fourth-order valence-electron chi connectivity index (χ4n) is 4.16. The minimum absolute atomic E-state index is 0.0349. The lowest BCUT2D eigenvalue weighted by Crippen LogP contribution is -2.55. The molecule has 3 rings (SSSR count). The Morgan fingerprint density at radius 1 is 0.925 bits per heavy atom. The summed E-state index contributed by atoms with van der Waals surface area (Å²) in [4.78, 5) is 28.8. The fraction of sp³-hybridized carbons (Fsp3) is 0.333. The fourth-order valence-corrected chi connectivity index (χ4v) is 5.87. The first-order valence-corrected chi connectivity index (χ1v) is 15.1. The van der Waals surface area contributed by atoms with Gasteiger partial charge >= 0.3 is 0 Å². The Balaban J connectivity index is 2.07. The van der Waals surface area contributed by atoms with Gasteiger partial charge in [0, 0.05) is 22.1 Å². The maximum Gasteiger partial charge on any atom is 0.264 e. The molecule has 0 saturated heterocycles. The highest BCUT2D eigenvalue weighted by Crippen LogP contribution is 2.28. The lowest BCUT2D eigenvalue weighted by molar-refractivity contribution is -0.141. The van der Waals surface area contributed by atoms with Crippen molar-refractivity contribution >= 4 is 50.7 Å². The molecule has 2 amide bonds. The van der Waals surface area contributed by atoms with Gasteiger partial charge in [-0.05, 0) is 82.1 Å². The lowest BCUT2D eigenvalue weighted by atomic mass is 10.1. The van der Waals surface area contributed by atoms with E-state index in [4.69, 9.17) is 23.2 Å². The van der Waals surface area contributed by atoms with Crippen molar-refractivity contribution < 1.29 is 18.0 Å². The van der Waals surface area contributed by atoms with E-state index < -0.39 is 34.1 Å². The number of halogens is 2. The zero-order chi connectivity index (χ0) is 29.7. The molecule has 10 heteroatoms. The Kier molecular flexibility index (Phi) is 10.3. The summed E-state index contributed by atoms with van der Waals surface area (Å²) in [6.45, 7) is 8.95. The van der Waals surface area contributed by atoms with Crippen LogP contribution in [0.2, 0.25) is 10.0 Å². The van der Waals surface area contributed by atoms with E-state index in [0.717, 1.165) is 15.4 Å². The molecule has 0 aliphatic rings. The average Bonchev–Trinajstić information content (AvgIpc) is 2.87. The molecule has 0 aliphatic carbocycles. The highest BCUT2D eigenvalue weighted by atomic mass is 35.5. The van der Waals surface area contributed by atoms with Crippen molar-refractivity contribution in [3.63, 3.8) is 0 Å². The number of carbonyl (C=O) groups is 2. The van der Waals surface area contributed by atoms with Crippen LogP contribution in [-0.2, 0) is 26.2 Å². The minimum Gasteiger partial charge on any atom is -0.350 e. The molecule has 40 heavy (non-hydrogen) atoms. The van der Waals surface area contributed by atoms with Gasteiger partial charge in [0.1, 0.15) is 12.6 Å². The van der Waals surface area contributed by atoms with Crippen molar-refractivity contribution in [2.24, 2.45) is 0 Å². The molecule has 0 aliphatic heterocycles. The second-order valence-corrected chi connectivity index (χ2v) is 13.4. The van der Waals surface area contributed by atoms with E-state index in [-0.39, 0.29) is 23.0 Å². The largest absolute Gasteiger partial charge is 0.350 e. The maximum absolute atomic E-state index is 14.1. The van der Waals surface area contributed by atoms with Crippen molar-refractivity contribution in [1.82, 2.24) is 10.2 Å². The Morgan fingerprint density at radius 3 is 2.10 bits per heavy atom. The highest BCUT2D eigenvalue weighted by Gasteiger charge is 2.34. The maximum atomic E-state index is 14.1. The van der Waals surface area contributed by atoms with Gasteiger partial charge in [0.15, 0.2) is 0 Å². The van der Waals surface area contributed by atoms with E-state index in [2.05, 4.69) is 5.32 Å². The van der Waals surface area contributed by atoms with Crippen LogP contribution >= 0.6 is 23.2 Å². The molecule has 0 unspecified atom stereocenters. The first kappa shape index (κ1) is 31.5. The number of anilines is 1. The van der Waals surface area contributed by atoms with E-state index in [0.29, 0.717) is 16.5 Å². The summed E-state index contributed by atoms with van der Waals surface area (Å²) in [6, 6.07) is 18.8. The quantitative estimate of drug-likeness (QED) is 0.298. The number of rotatable bonds is 10. The number of carbonyl (C=O) groups excluding carboxylic acids is 2. The molecule has 7 nitrogen and oxygen atoms in total. The first-order chi connectivity index (χ1) is 18.7. The normalized spacial score (nSPS) is 12.5. The number of aryl methyl sites for hydroxylation is 1. The molecule has 1 N–H and O–H groups in total. The summed E-state index contributed by atoms with van der Waals surface area (Å²) in [6.07, 6.45) is 0.334. The van der Waals surface area contributed by atoms with Gasteiger partial charge in [-0.1, -0.05) is 66.0 Å². The van der Waals surface area contributed by atoms with Crippen LogP contribution < -0.4 is 9.62 Å². The second-order valence-electron chi connectivity index (χ2n) is 10.6. The van der Waals surface area contributed by atoms with E-state index in [1.165, 1.54) is 35.2 Å². The predicted molar refractivity (Wildman–Crippen MR) is 161 cm³/mol. The second kappa shape index (κ2) is 13.1. The number of nitrogens with zero attached hydrogens (tertiary/aromatic N) is 2. The summed E-state index contributed by atoms with van der Waals surface area (Å²) in [5.74, 6) is -0.848. The van der Waals surface area contributed by atoms with Gasteiger partial charge in [-0.2, -0.15) is 0 Å². The van der Waals surface area contributed by atoms with Crippen molar-refractivity contribution in [2.45, 2.75) is 64.1 Å². The smallest absolute Gasteiger partial charge is 0.264 e. The van der Waals surface area contributed by atoms with Crippen LogP contribution in [0.3, 0.4) is 0 Å². The van der Waals surface area contributed by atoms with Crippen molar-refractivity contribution in [2.75, 3.05) is 10.8 Å². The van der Waals surface area contributed by atoms with Gasteiger partial charge < -0.3 is 10.2 Å². The molecule has 0 aromatic heterocycles. The van der Waals surface area contributed by atoms with Gasteiger partial charge in [-0.15, -0.1) is 0 Å². The monoisotopic (exact) mass is 603 g/mol. The van der Waals surface area contributed by atoms with Crippen LogP contribution in [0.1, 0.15) is 45.2 Å². The molecule has 3 aromatic rings. The molecule has 3 aromatic carbocycles. The number of benzene rings is 3. The van der Waals surface area contributed by atoms with Crippen LogP contribution in [0.5, 0.6) is 0 Å². The zero-order valence-electron chi connectivity index (χ0n) is 23.3. The minimum atomic E-state index is -4.21. The van der Waals surface area contributed by atoms with Gasteiger partial charge in [-0.3, -0.25) is 13.9 Å². The topological polar surface area (TPSA) is 86.8 Å². The molecule has 0 spiro atoms. The van der Waals surface area contributed by atoms with E-state index in [1.54, 1.807) is 18.2 Å². The van der Waals surface area contributed by atoms with E-state index in [9.17, 15) is 18.0 Å². The Bertz CT molecular complexity index is 1440. The number of nitrogens with one attached hydrogen (secondary N) is 1. The Labute approximate surface area is 247 Å². The van der Waals surface area contributed by atoms with Crippen LogP contribution in [0.15, 0.2) is 77.7 Å². The number of hydrogen-bond acceptors (Lipinski definition) is 4. The van der Waals surface area contributed by atoms with Crippen molar-refractivity contribution in [3.05, 3.63) is 94.0 Å². The molecule has 0 heterocycles. The third-order valence-electron chi connectivity index (χ3n) is 6.13. The Hall–Kier alpha value is -3.07. The first-order valence-electron chi connectivity index (χ1n) is 12.9. The summed E-state index contributed by atoms with van der Waals surface area (Å²) in [5, 5.41) is 3.65. The molecule has 214 valence electrons. The third-order valence-corrected chi connectivity index (χ3v) is 8.41. The highest BCUT2D eigenvalue weighted by molar-refractivity contribution is 7.92. The van der Waals surface area contributed by atoms with Gasteiger partial charge in [0.25, 0.3) is 10.0 Å². The molecular weight excluding hydrogens is 569 g/mol. The summed E-state index contributed by atoms with van der Waals surface area (Å²) in [5.41, 5.74) is 1.57. The summed E-state index contributed by atoms with van der Waals surface area (Å²) < 4.78 is 28.7. The Morgan fingerprint density at radius 2 is 1.55 bits per heavy atom. The van der Waals surface area contributed by atoms with Crippen LogP contribution in [0, 0.1) is 6.92 Å². The van der Waals surface area contributed by atoms with Gasteiger partial charge in [0.05, 0.1) is 10.6 Å². The number of sulfonamides is 1. The van der Waals surface area contributed by atoms with Crippen LogP contribution in [0.4, 0.5) is 5.69 Å². The van der Waals surface area contributed by atoms with E-state index >= 15 is 0 Å². The zero-order valence-corrected chi connectivity index (χ0v) is 25.6. The van der Waals surface area contributed by atoms with Gasteiger partial charge in [0.2, 0.25) is 11.8 Å². The SMILES string of the molecule is CC[C@H](C(=O)NC(C)(C)C)N(Cc1ccc(C)cc1)C(=O)CN(c1cccc(Cl)c1)S(=O)(=O)c1ccc(Cl)cc1. The number of hydrogen-bond donors (Lipinski definition) is 1. The van der Waals surface area contributed by atoms with Gasteiger partial charge in [-0.25, -0.2) is 8.42 Å². The lowest BCUT2D eigenvalue weighted by Gasteiger charge is -2.34. The molecule has 0 bridgehead atoms. The standard InChI is InChI=1S/C30H35Cl2N3O4S/c1-6-27(29(37)33-30(3,4)5)34(19-22-12-10-21(2)11-13-22)28(36)20-35(25-9-7-8-24(32)18-25)40(38,39)26-16-14-23(31)15-17-26/h7-18,27H,6,19-20H2,1-5H3,(H,33,37)/t27-/m1/s1. The molecule has 0 saturated carbocycles. The average molecular weight is 605 g/mol. The predicted octanol–water partition coefficient (Wildman–Crippen LogP) is 6.22. The molecule has 0 radical (unpaired) electrons. The van der Waals surface area contributed by atoms with Crippen molar-refractivity contribution in [1.29, 1.82) is 0 Å². The molecule has 0 fully saturated rings. The number of amides is 2. The summed E-state index contributed by atoms with van der Waals surface area (Å²) >= 11 is 12.2. The van der Waals surface area contributed by atoms with E-state index in [1.807, 2.05) is 58.9 Å². The summed E-state index contributed by atoms with van der Waals surface area (Å²) in [7, 11) is -4.21. The third kappa shape index (κ3) is 8.22. The van der Waals surface area contributed by atoms with Crippen LogP contribution in [0.25, 0.3) is 0 Å².